The molecule has 0 saturated heterocycles. The molecule has 2 aliphatic rings. The largest absolute Gasteiger partial charge is 0.437 e. The van der Waals surface area contributed by atoms with Crippen molar-refractivity contribution in [2.45, 2.75) is 75.1 Å². The van der Waals surface area contributed by atoms with Crippen molar-refractivity contribution in [1.82, 2.24) is 15.0 Å². The molecule has 2 aromatic carbocycles. The fourth-order valence-corrected chi connectivity index (χ4v) is 7.21. The van der Waals surface area contributed by atoms with E-state index >= 15 is 0 Å². The molecule has 2 saturated carbocycles. The molecule has 40 heavy (non-hydrogen) atoms. The average molecular weight is 561 g/mol. The van der Waals surface area contributed by atoms with E-state index in [0.717, 1.165) is 34.7 Å². The summed E-state index contributed by atoms with van der Waals surface area (Å²) in [6.45, 7) is 3.76. The summed E-state index contributed by atoms with van der Waals surface area (Å²) in [5.74, 6) is 1.45. The maximum atomic E-state index is 13.9. The summed E-state index contributed by atoms with van der Waals surface area (Å²) in [7, 11) is -3.27. The van der Waals surface area contributed by atoms with E-state index in [9.17, 15) is 12.8 Å². The Labute approximate surface area is 234 Å². The number of pyridine rings is 1. The molecule has 0 radical (unpaired) electrons. The van der Waals surface area contributed by atoms with Gasteiger partial charge in [-0.1, -0.05) is 30.3 Å². The van der Waals surface area contributed by atoms with E-state index in [0.29, 0.717) is 54.5 Å². The number of sulfone groups is 1. The molecule has 2 heterocycles. The van der Waals surface area contributed by atoms with Gasteiger partial charge in [-0.15, -0.1) is 0 Å². The van der Waals surface area contributed by atoms with Crippen LogP contribution in [0.3, 0.4) is 0 Å². The molecule has 2 unspecified atom stereocenters. The molecule has 208 valence electrons. The first-order valence-electron chi connectivity index (χ1n) is 13.8. The van der Waals surface area contributed by atoms with Gasteiger partial charge in [-0.2, -0.15) is 0 Å². The van der Waals surface area contributed by atoms with Crippen molar-refractivity contribution in [3.63, 3.8) is 0 Å². The Kier molecular flexibility index (Phi) is 6.94. The molecule has 0 bridgehead atoms. The van der Waals surface area contributed by atoms with Crippen molar-refractivity contribution in [1.29, 1.82) is 0 Å². The number of fused-ring (bicyclic) bond motifs is 1. The van der Waals surface area contributed by atoms with Crippen LogP contribution in [0.1, 0.15) is 56.6 Å². The maximum Gasteiger partial charge on any atom is 0.228 e. The summed E-state index contributed by atoms with van der Waals surface area (Å²) in [6.07, 6.45) is 6.77. The minimum atomic E-state index is -3.27. The first-order chi connectivity index (χ1) is 19.2. The zero-order valence-corrected chi connectivity index (χ0v) is 23.5. The van der Waals surface area contributed by atoms with Crippen LogP contribution in [0.5, 0.6) is 11.6 Å². The third-order valence-corrected chi connectivity index (χ3v) is 10.8. The minimum Gasteiger partial charge on any atom is -0.437 e. The van der Waals surface area contributed by atoms with Crippen molar-refractivity contribution >= 4 is 26.6 Å². The van der Waals surface area contributed by atoms with Gasteiger partial charge in [0.2, 0.25) is 11.8 Å². The highest BCUT2D eigenvalue weighted by Crippen LogP contribution is 2.46. The third kappa shape index (κ3) is 5.27. The smallest absolute Gasteiger partial charge is 0.228 e. The van der Waals surface area contributed by atoms with E-state index in [2.05, 4.69) is 15.3 Å². The summed E-state index contributed by atoms with van der Waals surface area (Å²) < 4.78 is 46.0. The Hall–Kier alpha value is -3.59. The highest BCUT2D eigenvalue weighted by molar-refractivity contribution is 7.92. The molecule has 0 spiro atoms. The molecule has 7 nitrogen and oxygen atoms in total. The SMILES string of the molecule is Cc1cc(CS(=O)(=O)C2(C)CC2)c2ccccc2c1Oc1ncccc1-c1ccnc(NC2CCCC(F)C2)n1. The first kappa shape index (κ1) is 26.6. The lowest BCUT2D eigenvalue weighted by Crippen LogP contribution is -2.28. The van der Waals surface area contributed by atoms with Crippen molar-refractivity contribution in [3.05, 3.63) is 72.1 Å². The van der Waals surface area contributed by atoms with Gasteiger partial charge in [0.25, 0.3) is 0 Å². The van der Waals surface area contributed by atoms with Gasteiger partial charge in [0.05, 0.1) is 21.8 Å². The highest BCUT2D eigenvalue weighted by Gasteiger charge is 2.49. The van der Waals surface area contributed by atoms with E-state index < -0.39 is 20.8 Å². The summed E-state index contributed by atoms with van der Waals surface area (Å²) >= 11 is 0. The predicted molar refractivity (Wildman–Crippen MR) is 155 cm³/mol. The van der Waals surface area contributed by atoms with E-state index in [4.69, 9.17) is 9.72 Å². The Balaban J connectivity index is 1.33. The van der Waals surface area contributed by atoms with Crippen molar-refractivity contribution in [2.75, 3.05) is 5.32 Å². The van der Waals surface area contributed by atoms with E-state index in [1.807, 2.05) is 56.3 Å². The molecule has 9 heteroatoms. The second-order valence-electron chi connectivity index (χ2n) is 11.3. The Morgan fingerprint density at radius 3 is 2.62 bits per heavy atom. The van der Waals surface area contributed by atoms with Crippen molar-refractivity contribution < 1.29 is 17.5 Å². The molecular formula is C31H33FN4O3S. The number of hydrogen-bond acceptors (Lipinski definition) is 7. The van der Waals surface area contributed by atoms with Crippen LogP contribution in [0, 0.1) is 6.92 Å². The van der Waals surface area contributed by atoms with Crippen LogP contribution in [-0.4, -0.2) is 40.3 Å². The topological polar surface area (TPSA) is 94.1 Å². The van der Waals surface area contributed by atoms with Gasteiger partial charge < -0.3 is 10.1 Å². The molecular weight excluding hydrogens is 527 g/mol. The number of hydrogen-bond donors (Lipinski definition) is 1. The van der Waals surface area contributed by atoms with Crippen molar-refractivity contribution in [2.24, 2.45) is 0 Å². The number of ether oxygens (including phenoxy) is 1. The number of rotatable bonds is 8. The van der Waals surface area contributed by atoms with Gasteiger partial charge in [0.1, 0.15) is 11.9 Å². The second-order valence-corrected chi connectivity index (χ2v) is 13.8. The Morgan fingerprint density at radius 1 is 1.05 bits per heavy atom. The lowest BCUT2D eigenvalue weighted by Gasteiger charge is -2.25. The molecule has 2 atom stereocenters. The summed E-state index contributed by atoms with van der Waals surface area (Å²) in [4.78, 5) is 13.6. The molecule has 2 fully saturated rings. The monoisotopic (exact) mass is 560 g/mol. The quantitative estimate of drug-likeness (QED) is 0.249. The Morgan fingerprint density at radius 2 is 1.85 bits per heavy atom. The number of aromatic nitrogens is 3. The number of anilines is 1. The van der Waals surface area contributed by atoms with Gasteiger partial charge in [-0.25, -0.2) is 27.8 Å². The van der Waals surface area contributed by atoms with Crippen molar-refractivity contribution in [3.8, 4) is 22.9 Å². The average Bonchev–Trinajstić information content (AvgIpc) is 3.70. The summed E-state index contributed by atoms with van der Waals surface area (Å²) in [5, 5.41) is 4.97. The van der Waals surface area contributed by atoms with Gasteiger partial charge in [0, 0.05) is 23.8 Å². The predicted octanol–water partition coefficient (Wildman–Crippen LogP) is 6.95. The molecule has 1 N–H and O–H groups in total. The molecule has 4 aromatic rings. The van der Waals surface area contributed by atoms with Crippen LogP contribution < -0.4 is 10.1 Å². The van der Waals surface area contributed by atoms with Gasteiger partial charge >= 0.3 is 0 Å². The van der Waals surface area contributed by atoms with E-state index in [1.165, 1.54) is 0 Å². The molecule has 2 aliphatic carbocycles. The number of aryl methyl sites for hydroxylation is 1. The molecule has 6 rings (SSSR count). The zero-order chi connectivity index (χ0) is 27.9. The number of alkyl halides is 1. The normalized spacial score (nSPS) is 20.3. The van der Waals surface area contributed by atoms with Gasteiger partial charge in [-0.3, -0.25) is 0 Å². The van der Waals surface area contributed by atoms with Crippen LogP contribution in [0.25, 0.3) is 22.0 Å². The minimum absolute atomic E-state index is 0.000823. The van der Waals surface area contributed by atoms with Gasteiger partial charge in [-0.05, 0) is 87.1 Å². The standard InChI is InChI=1S/C31H33FN4O3S/c1-20-17-21(19-40(37,38)31(2)13-14-31)24-9-3-4-10-25(24)28(20)39-29-26(11-6-15-33-29)27-12-16-34-30(36-27)35-23-8-5-7-22(32)18-23/h3-4,6,9-12,15-17,22-23H,5,7-8,13-14,18-19H2,1-2H3,(H,34,35,36). The number of benzene rings is 2. The second kappa shape index (κ2) is 10.4. The summed E-state index contributed by atoms with van der Waals surface area (Å²) in [6, 6.07) is 15.2. The molecule has 0 aliphatic heterocycles. The van der Waals surface area contributed by atoms with Crippen LogP contribution in [-0.2, 0) is 15.6 Å². The lowest BCUT2D eigenvalue weighted by atomic mass is 9.94. The number of nitrogens with one attached hydrogen (secondary N) is 1. The van der Waals surface area contributed by atoms with Gasteiger partial charge in [0.15, 0.2) is 9.84 Å². The fraction of sp³-hybridized carbons (Fsp3) is 0.387. The lowest BCUT2D eigenvalue weighted by molar-refractivity contribution is 0.239. The first-order valence-corrected chi connectivity index (χ1v) is 15.5. The third-order valence-electron chi connectivity index (χ3n) is 8.16. The number of nitrogens with zero attached hydrogens (tertiary/aromatic N) is 3. The van der Waals surface area contributed by atoms with Crippen LogP contribution in [0.15, 0.2) is 60.9 Å². The van der Waals surface area contributed by atoms with Crippen LogP contribution in [0.4, 0.5) is 10.3 Å². The summed E-state index contributed by atoms with van der Waals surface area (Å²) in [5.41, 5.74) is 2.93. The number of halogens is 1. The van der Waals surface area contributed by atoms with Crippen LogP contribution in [0.2, 0.25) is 0 Å². The molecule has 0 amide bonds. The highest BCUT2D eigenvalue weighted by atomic mass is 32.2. The maximum absolute atomic E-state index is 13.9. The van der Waals surface area contributed by atoms with Crippen LogP contribution >= 0.6 is 0 Å². The Bertz CT molecular complexity index is 1670. The molecule has 2 aromatic heterocycles. The van der Waals surface area contributed by atoms with E-state index in [1.54, 1.807) is 18.5 Å². The van der Waals surface area contributed by atoms with E-state index in [-0.39, 0.29) is 11.8 Å². The fourth-order valence-electron chi connectivity index (χ4n) is 5.48. The zero-order valence-electron chi connectivity index (χ0n) is 22.7.